The second-order valence-corrected chi connectivity index (χ2v) is 11.0. The lowest BCUT2D eigenvalue weighted by Gasteiger charge is -2.41. The number of carbonyl (C=O) groups is 1. The average molecular weight is 523 g/mol. The van der Waals surface area contributed by atoms with Crippen molar-refractivity contribution in [3.05, 3.63) is 36.8 Å². The van der Waals surface area contributed by atoms with Gasteiger partial charge in [0.1, 0.15) is 5.60 Å². The highest BCUT2D eigenvalue weighted by atomic mass is 16.6. The lowest BCUT2D eigenvalue weighted by molar-refractivity contribution is -0.0366. The van der Waals surface area contributed by atoms with Crippen molar-refractivity contribution in [1.29, 1.82) is 0 Å². The summed E-state index contributed by atoms with van der Waals surface area (Å²) in [5, 5.41) is 16.7. The van der Waals surface area contributed by atoms with E-state index >= 15 is 0 Å². The minimum Gasteiger partial charge on any atom is -0.444 e. The molecule has 3 aromatic rings. The smallest absolute Gasteiger partial charge is 0.407 e. The summed E-state index contributed by atoms with van der Waals surface area (Å²) in [4.78, 5) is 14.1. The number of fused-ring (bicyclic) bond motifs is 1. The number of alkyl carbamates (subject to hydrolysis) is 1. The molecule has 204 valence electrons. The molecule has 1 amide bonds. The Kier molecular flexibility index (Phi) is 8.09. The van der Waals surface area contributed by atoms with E-state index in [1.54, 1.807) is 12.4 Å². The summed E-state index contributed by atoms with van der Waals surface area (Å²) in [6.07, 6.45) is 10.2. The van der Waals surface area contributed by atoms with Gasteiger partial charge in [0.05, 0.1) is 30.2 Å². The first-order chi connectivity index (χ1) is 18.4. The average Bonchev–Trinajstić information content (AvgIpc) is 3.31. The number of unbranched alkanes of at least 4 members (excludes halogenated alkanes) is 1. The first-order valence-electron chi connectivity index (χ1n) is 13.6. The number of ether oxygens (including phenoxy) is 3. The van der Waals surface area contributed by atoms with Crippen LogP contribution in [0.1, 0.15) is 59.1 Å². The molecule has 2 saturated heterocycles. The Labute approximate surface area is 223 Å². The van der Waals surface area contributed by atoms with Crippen molar-refractivity contribution in [1.82, 2.24) is 25.3 Å². The molecule has 5 rings (SSSR count). The van der Waals surface area contributed by atoms with E-state index in [4.69, 9.17) is 19.3 Å². The second kappa shape index (κ2) is 11.7. The molecule has 1 aromatic carbocycles. The van der Waals surface area contributed by atoms with Crippen LogP contribution in [0.15, 0.2) is 36.8 Å². The Bertz CT molecular complexity index is 1210. The van der Waals surface area contributed by atoms with Gasteiger partial charge in [-0.25, -0.2) is 9.48 Å². The van der Waals surface area contributed by atoms with Gasteiger partial charge in [0.2, 0.25) is 0 Å². The monoisotopic (exact) mass is 522 g/mol. The Hall–Kier alpha value is -3.24. The summed E-state index contributed by atoms with van der Waals surface area (Å²) in [6.45, 7) is 9.26. The van der Waals surface area contributed by atoms with Gasteiger partial charge in [0.25, 0.3) is 0 Å². The Morgan fingerprint density at radius 3 is 2.74 bits per heavy atom. The summed E-state index contributed by atoms with van der Waals surface area (Å²) in [5.41, 5.74) is 3.85. The van der Waals surface area contributed by atoms with E-state index in [-0.39, 0.29) is 18.4 Å². The first kappa shape index (κ1) is 26.4. The quantitative estimate of drug-likeness (QED) is 0.403. The van der Waals surface area contributed by atoms with Crippen molar-refractivity contribution < 1.29 is 19.0 Å². The normalized spacial score (nSPS) is 18.4. The number of anilines is 1. The largest absolute Gasteiger partial charge is 0.444 e. The Morgan fingerprint density at radius 2 is 2.00 bits per heavy atom. The van der Waals surface area contributed by atoms with Crippen LogP contribution in [0.4, 0.5) is 10.5 Å². The molecule has 10 heteroatoms. The van der Waals surface area contributed by atoms with Gasteiger partial charge in [-0.1, -0.05) is 0 Å². The van der Waals surface area contributed by atoms with Gasteiger partial charge in [-0.15, -0.1) is 0 Å². The predicted molar refractivity (Wildman–Crippen MR) is 145 cm³/mol. The van der Waals surface area contributed by atoms with Gasteiger partial charge in [0.15, 0.2) is 6.23 Å². The van der Waals surface area contributed by atoms with Crippen LogP contribution in [0.25, 0.3) is 22.0 Å². The van der Waals surface area contributed by atoms with Crippen molar-refractivity contribution in [3.63, 3.8) is 0 Å². The Balaban J connectivity index is 1.19. The fourth-order valence-electron chi connectivity index (χ4n) is 4.88. The third kappa shape index (κ3) is 6.42. The third-order valence-corrected chi connectivity index (χ3v) is 6.82. The summed E-state index contributed by atoms with van der Waals surface area (Å²) in [5.74, 6) is 0. The van der Waals surface area contributed by atoms with Crippen LogP contribution in [-0.2, 0) is 14.2 Å². The van der Waals surface area contributed by atoms with Gasteiger partial charge in [-0.05, 0) is 76.6 Å². The van der Waals surface area contributed by atoms with E-state index in [0.717, 1.165) is 79.5 Å². The Morgan fingerprint density at radius 1 is 1.13 bits per heavy atom. The molecule has 0 aliphatic carbocycles. The van der Waals surface area contributed by atoms with Gasteiger partial charge in [-0.3, -0.25) is 0 Å². The molecule has 0 radical (unpaired) electrons. The number of hydrogen-bond acceptors (Lipinski definition) is 8. The second-order valence-electron chi connectivity index (χ2n) is 11.0. The maximum absolute atomic E-state index is 11.7. The van der Waals surface area contributed by atoms with Gasteiger partial charge in [-0.2, -0.15) is 15.3 Å². The molecule has 10 nitrogen and oxygen atoms in total. The molecule has 0 spiro atoms. The van der Waals surface area contributed by atoms with Crippen molar-refractivity contribution in [3.8, 4) is 11.1 Å². The fraction of sp³-hybridized carbons (Fsp3) is 0.571. The molecule has 2 aromatic heterocycles. The fourth-order valence-corrected chi connectivity index (χ4v) is 4.88. The number of amides is 1. The number of carbonyl (C=O) groups excluding carboxylic acids is 1. The highest BCUT2D eigenvalue weighted by Gasteiger charge is 2.30. The zero-order valence-corrected chi connectivity index (χ0v) is 22.6. The van der Waals surface area contributed by atoms with Crippen LogP contribution in [-0.4, -0.2) is 70.6 Å². The predicted octanol–water partition coefficient (Wildman–Crippen LogP) is 4.70. The van der Waals surface area contributed by atoms with E-state index < -0.39 is 5.60 Å². The van der Waals surface area contributed by atoms with Crippen LogP contribution < -0.4 is 10.2 Å². The maximum atomic E-state index is 11.7. The molecule has 2 fully saturated rings. The molecule has 2 aliphatic rings. The van der Waals surface area contributed by atoms with Crippen LogP contribution in [0, 0.1) is 0 Å². The number of rotatable bonds is 9. The summed E-state index contributed by atoms with van der Waals surface area (Å²) >= 11 is 0. The maximum Gasteiger partial charge on any atom is 0.407 e. The number of nitrogens with one attached hydrogen (secondary N) is 1. The third-order valence-electron chi connectivity index (χ3n) is 6.82. The highest BCUT2D eigenvalue weighted by Crippen LogP contribution is 2.37. The molecule has 1 unspecified atom stereocenters. The topological polar surface area (TPSA) is 104 Å². The minimum absolute atomic E-state index is 0.0304. The summed E-state index contributed by atoms with van der Waals surface area (Å²) in [7, 11) is 0. The zero-order valence-electron chi connectivity index (χ0n) is 22.6. The van der Waals surface area contributed by atoms with Crippen molar-refractivity contribution >= 4 is 22.7 Å². The van der Waals surface area contributed by atoms with Crippen LogP contribution >= 0.6 is 0 Å². The molecule has 4 heterocycles. The minimum atomic E-state index is -0.480. The van der Waals surface area contributed by atoms with Crippen molar-refractivity contribution in [2.24, 2.45) is 0 Å². The number of nitrogens with zero attached hydrogens (tertiary/aromatic N) is 5. The van der Waals surface area contributed by atoms with Gasteiger partial charge in [0, 0.05) is 49.5 Å². The molecule has 0 bridgehead atoms. The molecule has 1 atom stereocenters. The number of hydrogen-bond donors (Lipinski definition) is 1. The van der Waals surface area contributed by atoms with E-state index in [2.05, 4.69) is 32.5 Å². The van der Waals surface area contributed by atoms with E-state index in [0.29, 0.717) is 13.2 Å². The zero-order chi connectivity index (χ0) is 26.5. The number of benzene rings is 1. The number of aromatic nitrogens is 4. The van der Waals surface area contributed by atoms with Crippen molar-refractivity contribution in [2.45, 2.75) is 70.8 Å². The molecule has 38 heavy (non-hydrogen) atoms. The molecular weight excluding hydrogens is 484 g/mol. The van der Waals surface area contributed by atoms with E-state index in [9.17, 15) is 4.79 Å². The van der Waals surface area contributed by atoms with Crippen LogP contribution in [0.5, 0.6) is 0 Å². The SMILES string of the molecule is CC(C)(C)OC(=O)NCCCCOC1CN(c2cc(-c3ccnnc3)cc3c2cnn3C2CCCCO2)C1. The van der Waals surface area contributed by atoms with Gasteiger partial charge >= 0.3 is 6.09 Å². The van der Waals surface area contributed by atoms with Crippen molar-refractivity contribution in [2.75, 3.05) is 37.7 Å². The standard InChI is InChI=1S/C28H38N6O4/c1-28(2,3)38-27(35)29-10-5-7-12-36-22-18-33(19-22)24-14-21(20-9-11-30-31-16-20)15-25-23(24)17-32-34(25)26-8-4-6-13-37-26/h9,11,14-17,22,26H,4-8,10,12-13,18-19H2,1-3H3,(H,29,35). The van der Waals surface area contributed by atoms with E-state index in [1.165, 1.54) is 0 Å². The molecular formula is C28H38N6O4. The lowest BCUT2D eigenvalue weighted by Crippen LogP contribution is -2.52. The molecule has 2 aliphatic heterocycles. The first-order valence-corrected chi connectivity index (χ1v) is 13.6. The summed E-state index contributed by atoms with van der Waals surface area (Å²) < 4.78 is 19.5. The van der Waals surface area contributed by atoms with Gasteiger partial charge < -0.3 is 24.4 Å². The summed E-state index contributed by atoms with van der Waals surface area (Å²) in [6, 6.07) is 6.38. The van der Waals surface area contributed by atoms with Crippen LogP contribution in [0.3, 0.4) is 0 Å². The van der Waals surface area contributed by atoms with Crippen LogP contribution in [0.2, 0.25) is 0 Å². The van der Waals surface area contributed by atoms with E-state index in [1.807, 2.05) is 37.7 Å². The lowest BCUT2D eigenvalue weighted by atomic mass is 10.0. The highest BCUT2D eigenvalue weighted by molar-refractivity contribution is 5.96. The molecule has 0 saturated carbocycles. The molecule has 1 N–H and O–H groups in total.